The summed E-state index contributed by atoms with van der Waals surface area (Å²) in [6.45, 7) is 1.87. The lowest BCUT2D eigenvalue weighted by Crippen LogP contribution is -2.53. The van der Waals surface area contributed by atoms with Crippen LogP contribution in [0.3, 0.4) is 0 Å². The summed E-state index contributed by atoms with van der Waals surface area (Å²) in [5.41, 5.74) is 1.14. The number of hydrogen-bond donors (Lipinski definition) is 3. The van der Waals surface area contributed by atoms with E-state index in [9.17, 15) is 28.3 Å². The van der Waals surface area contributed by atoms with Crippen molar-refractivity contribution < 1.29 is 28.3 Å². The van der Waals surface area contributed by atoms with Crippen LogP contribution < -0.4 is 10.6 Å². The minimum atomic E-state index is -1.88. The molecule has 0 aromatic heterocycles. The van der Waals surface area contributed by atoms with Crippen LogP contribution in [0.25, 0.3) is 5.57 Å². The van der Waals surface area contributed by atoms with Crippen molar-refractivity contribution in [1.29, 1.82) is 0 Å². The molecule has 0 saturated heterocycles. The van der Waals surface area contributed by atoms with Crippen LogP contribution in [-0.4, -0.2) is 53.4 Å². The predicted molar refractivity (Wildman–Crippen MR) is 118 cm³/mol. The maximum Gasteiger partial charge on any atom is 0.254 e. The zero-order chi connectivity index (χ0) is 24.1. The molecule has 0 bridgehead atoms. The highest BCUT2D eigenvalue weighted by atomic mass is 19.1. The van der Waals surface area contributed by atoms with Gasteiger partial charge in [0.1, 0.15) is 23.7 Å². The Balaban J connectivity index is 1.73. The minimum Gasteiger partial charge on any atom is -0.378 e. The number of hydrogen-bond acceptors (Lipinski definition) is 4. The van der Waals surface area contributed by atoms with E-state index in [1.165, 1.54) is 11.8 Å². The average Bonchev–Trinajstić information content (AvgIpc) is 2.92. The van der Waals surface area contributed by atoms with Gasteiger partial charge in [0.15, 0.2) is 6.10 Å². The zero-order valence-corrected chi connectivity index (χ0v) is 18.2. The lowest BCUT2D eigenvalue weighted by molar-refractivity contribution is -0.136. The molecule has 174 valence electrons. The van der Waals surface area contributed by atoms with E-state index in [2.05, 4.69) is 10.6 Å². The number of nitrogens with zero attached hydrogens (tertiary/aromatic N) is 1. The standard InChI is InChI=1S/C24H25F2N3O4/c1-14(27-23(32)21(30)16-11-17(25)13-18(26)12-16)22(31)28-20-19(15-7-4-3-5-8-15)9-6-10-29(2)24(20)33/h3-5,7-9,11-14,20-21,30H,6,10H2,1-2H3,(H,27,32)(H,28,31)/t14-,20-,21+/m0/s1. The highest BCUT2D eigenvalue weighted by Crippen LogP contribution is 2.23. The average molecular weight is 457 g/mol. The quantitative estimate of drug-likeness (QED) is 0.618. The molecule has 2 aromatic carbocycles. The maximum absolute atomic E-state index is 13.4. The van der Waals surface area contributed by atoms with E-state index in [1.807, 2.05) is 36.4 Å². The first kappa shape index (κ1) is 24.1. The zero-order valence-electron chi connectivity index (χ0n) is 18.2. The van der Waals surface area contributed by atoms with Gasteiger partial charge >= 0.3 is 0 Å². The van der Waals surface area contributed by atoms with Gasteiger partial charge in [-0.3, -0.25) is 14.4 Å². The summed E-state index contributed by atoms with van der Waals surface area (Å²) in [7, 11) is 1.64. The molecule has 1 aliphatic rings. The summed E-state index contributed by atoms with van der Waals surface area (Å²) in [6.07, 6.45) is 0.630. The fourth-order valence-corrected chi connectivity index (χ4v) is 3.56. The Morgan fingerprint density at radius 3 is 2.36 bits per heavy atom. The Kier molecular flexibility index (Phi) is 7.55. The molecule has 0 fully saturated rings. The second kappa shape index (κ2) is 10.4. The van der Waals surface area contributed by atoms with E-state index >= 15 is 0 Å². The summed E-state index contributed by atoms with van der Waals surface area (Å²) >= 11 is 0. The Labute approximate surface area is 190 Å². The van der Waals surface area contributed by atoms with Gasteiger partial charge in [0.05, 0.1) is 0 Å². The largest absolute Gasteiger partial charge is 0.378 e. The van der Waals surface area contributed by atoms with Crippen molar-refractivity contribution in [2.45, 2.75) is 31.5 Å². The lowest BCUT2D eigenvalue weighted by Gasteiger charge is -2.26. The molecular weight excluding hydrogens is 432 g/mol. The Morgan fingerprint density at radius 2 is 1.73 bits per heavy atom. The Morgan fingerprint density at radius 1 is 1.09 bits per heavy atom. The molecule has 2 aromatic rings. The van der Waals surface area contributed by atoms with Gasteiger partial charge in [0.25, 0.3) is 5.91 Å². The number of rotatable bonds is 6. The molecule has 0 spiro atoms. The van der Waals surface area contributed by atoms with E-state index in [0.717, 1.165) is 17.7 Å². The van der Waals surface area contributed by atoms with Crippen LogP contribution in [-0.2, 0) is 14.4 Å². The fourth-order valence-electron chi connectivity index (χ4n) is 3.56. The summed E-state index contributed by atoms with van der Waals surface area (Å²) in [5, 5.41) is 15.1. The van der Waals surface area contributed by atoms with Crippen molar-refractivity contribution >= 4 is 23.3 Å². The number of amides is 3. The number of likely N-dealkylation sites (N-methyl/N-ethyl adjacent to an activating group) is 1. The molecule has 1 heterocycles. The molecule has 0 unspecified atom stereocenters. The monoisotopic (exact) mass is 457 g/mol. The lowest BCUT2D eigenvalue weighted by atomic mass is 9.97. The highest BCUT2D eigenvalue weighted by molar-refractivity contribution is 6.00. The van der Waals surface area contributed by atoms with Gasteiger partial charge in [-0.05, 0) is 42.2 Å². The first-order valence-corrected chi connectivity index (χ1v) is 10.4. The summed E-state index contributed by atoms with van der Waals surface area (Å²) in [4.78, 5) is 39.6. The van der Waals surface area contributed by atoms with Crippen LogP contribution in [0.15, 0.2) is 54.6 Å². The molecule has 3 amide bonds. The number of carbonyl (C=O) groups is 3. The summed E-state index contributed by atoms with van der Waals surface area (Å²) < 4.78 is 26.8. The number of aliphatic hydroxyl groups is 1. The van der Waals surface area contributed by atoms with E-state index < -0.39 is 41.6 Å². The summed E-state index contributed by atoms with van der Waals surface area (Å²) in [5.74, 6) is -3.86. The third-order valence-electron chi connectivity index (χ3n) is 5.36. The number of carbonyl (C=O) groups excluding carboxylic acids is 3. The fraction of sp³-hybridized carbons (Fsp3) is 0.292. The summed E-state index contributed by atoms with van der Waals surface area (Å²) in [6, 6.07) is 9.34. The Hall–Kier alpha value is -3.59. The first-order chi connectivity index (χ1) is 15.7. The van der Waals surface area contributed by atoms with E-state index in [-0.39, 0.29) is 11.5 Å². The van der Waals surface area contributed by atoms with Gasteiger partial charge in [-0.15, -0.1) is 0 Å². The van der Waals surface area contributed by atoms with Crippen molar-refractivity contribution in [2.24, 2.45) is 0 Å². The molecule has 0 saturated carbocycles. The smallest absolute Gasteiger partial charge is 0.254 e. The van der Waals surface area contributed by atoms with Crippen LogP contribution >= 0.6 is 0 Å². The molecule has 33 heavy (non-hydrogen) atoms. The third kappa shape index (κ3) is 5.81. The van der Waals surface area contributed by atoms with Gasteiger partial charge in [-0.25, -0.2) is 8.78 Å². The maximum atomic E-state index is 13.4. The van der Waals surface area contributed by atoms with Crippen molar-refractivity contribution in [3.8, 4) is 0 Å². The third-order valence-corrected chi connectivity index (χ3v) is 5.36. The van der Waals surface area contributed by atoms with Crippen LogP contribution in [0.4, 0.5) is 8.78 Å². The first-order valence-electron chi connectivity index (χ1n) is 10.4. The van der Waals surface area contributed by atoms with Crippen LogP contribution in [0.2, 0.25) is 0 Å². The predicted octanol–water partition coefficient (Wildman–Crippen LogP) is 1.93. The van der Waals surface area contributed by atoms with Crippen LogP contribution in [0, 0.1) is 11.6 Å². The molecular formula is C24H25F2N3O4. The molecule has 3 N–H and O–H groups in total. The SMILES string of the molecule is C[C@H](NC(=O)[C@H](O)c1cc(F)cc(F)c1)C(=O)N[C@@H]1C(=O)N(C)CCC=C1c1ccccc1. The molecule has 0 radical (unpaired) electrons. The highest BCUT2D eigenvalue weighted by Gasteiger charge is 2.32. The van der Waals surface area contributed by atoms with E-state index in [0.29, 0.717) is 24.6 Å². The van der Waals surface area contributed by atoms with Gasteiger partial charge in [0, 0.05) is 19.7 Å². The van der Waals surface area contributed by atoms with Gasteiger partial charge < -0.3 is 20.6 Å². The number of aliphatic hydroxyl groups excluding tert-OH is 1. The van der Waals surface area contributed by atoms with Crippen molar-refractivity contribution in [1.82, 2.24) is 15.5 Å². The molecule has 9 heteroatoms. The Bertz CT molecular complexity index is 1050. The van der Waals surface area contributed by atoms with Gasteiger partial charge in [0.2, 0.25) is 11.8 Å². The molecule has 0 aliphatic carbocycles. The number of halogens is 2. The van der Waals surface area contributed by atoms with Crippen molar-refractivity contribution in [3.63, 3.8) is 0 Å². The normalized spacial score (nSPS) is 18.1. The number of nitrogens with one attached hydrogen (secondary N) is 2. The minimum absolute atomic E-state index is 0.285. The van der Waals surface area contributed by atoms with Gasteiger partial charge in [-0.1, -0.05) is 36.4 Å². The van der Waals surface area contributed by atoms with Crippen molar-refractivity contribution in [3.05, 3.63) is 77.4 Å². The van der Waals surface area contributed by atoms with Crippen LogP contribution in [0.1, 0.15) is 30.6 Å². The molecule has 3 rings (SSSR count). The second-order valence-electron chi connectivity index (χ2n) is 7.85. The van der Waals surface area contributed by atoms with Gasteiger partial charge in [-0.2, -0.15) is 0 Å². The number of benzene rings is 2. The molecule has 3 atom stereocenters. The molecule has 1 aliphatic heterocycles. The molecule has 7 nitrogen and oxygen atoms in total. The van der Waals surface area contributed by atoms with Crippen LogP contribution in [0.5, 0.6) is 0 Å². The van der Waals surface area contributed by atoms with Crippen molar-refractivity contribution in [2.75, 3.05) is 13.6 Å². The topological polar surface area (TPSA) is 98.7 Å². The van der Waals surface area contributed by atoms with E-state index in [1.54, 1.807) is 7.05 Å². The second-order valence-corrected chi connectivity index (χ2v) is 7.85. The van der Waals surface area contributed by atoms with E-state index in [4.69, 9.17) is 0 Å².